The highest BCUT2D eigenvalue weighted by atomic mass is 14.0. The second-order valence-corrected chi connectivity index (χ2v) is 2.77. The Morgan fingerprint density at radius 2 is 1.64 bits per heavy atom. The summed E-state index contributed by atoms with van der Waals surface area (Å²) >= 11 is 0. The fourth-order valence-corrected chi connectivity index (χ4v) is 0.935. The van der Waals surface area contributed by atoms with Crippen LogP contribution in [0.4, 0.5) is 0 Å². The van der Waals surface area contributed by atoms with Gasteiger partial charge in [0.15, 0.2) is 0 Å². The molecule has 0 fully saturated rings. The molecular formula is C11H13. The van der Waals surface area contributed by atoms with Crippen LogP contribution in [0.15, 0.2) is 35.9 Å². The van der Waals surface area contributed by atoms with Crippen LogP contribution in [0.5, 0.6) is 0 Å². The minimum Gasteiger partial charge on any atom is -0.0695 e. The van der Waals surface area contributed by atoms with Gasteiger partial charge in [-0.25, -0.2) is 0 Å². The largest absolute Gasteiger partial charge is 0.0695 e. The second kappa shape index (κ2) is 3.38. The molecule has 0 aliphatic rings. The van der Waals surface area contributed by atoms with E-state index in [-0.39, 0.29) is 0 Å². The number of benzene rings is 1. The van der Waals surface area contributed by atoms with Gasteiger partial charge >= 0.3 is 0 Å². The number of rotatable bonds is 1. The summed E-state index contributed by atoms with van der Waals surface area (Å²) in [5, 5.41) is 0. The maximum Gasteiger partial charge on any atom is -0.0228 e. The molecule has 0 saturated carbocycles. The van der Waals surface area contributed by atoms with Gasteiger partial charge in [-0.2, -0.15) is 0 Å². The molecule has 57 valence electrons. The predicted octanol–water partition coefficient (Wildman–Crippen LogP) is 3.31. The molecule has 1 aromatic rings. The van der Waals surface area contributed by atoms with Gasteiger partial charge < -0.3 is 0 Å². The quantitative estimate of drug-likeness (QED) is 0.568. The molecule has 1 radical (unpaired) electrons. The van der Waals surface area contributed by atoms with Crippen molar-refractivity contribution in [2.45, 2.75) is 13.8 Å². The van der Waals surface area contributed by atoms with E-state index in [0.717, 1.165) is 5.57 Å². The Balaban J connectivity index is 3.04. The normalized spacial score (nSPS) is 12.6. The monoisotopic (exact) mass is 145 g/mol. The highest BCUT2D eigenvalue weighted by molar-refractivity contribution is 5.66. The molecule has 1 rings (SSSR count). The average molecular weight is 145 g/mol. The fourth-order valence-electron chi connectivity index (χ4n) is 0.935. The van der Waals surface area contributed by atoms with E-state index in [2.05, 4.69) is 26.0 Å². The first-order valence-electron chi connectivity index (χ1n) is 3.76. The molecule has 0 N–H and O–H groups in total. The maximum atomic E-state index is 3.89. The maximum absolute atomic E-state index is 3.89. The van der Waals surface area contributed by atoms with Crippen LogP contribution in [0.3, 0.4) is 0 Å². The Hall–Kier alpha value is -1.04. The summed E-state index contributed by atoms with van der Waals surface area (Å²) in [6.07, 6.45) is 0. The van der Waals surface area contributed by atoms with Crippen molar-refractivity contribution in [3.63, 3.8) is 0 Å². The van der Waals surface area contributed by atoms with Gasteiger partial charge in [-0.3, -0.25) is 0 Å². The van der Waals surface area contributed by atoms with Crippen LogP contribution >= 0.6 is 0 Å². The van der Waals surface area contributed by atoms with Gasteiger partial charge in [-0.15, -0.1) is 0 Å². The van der Waals surface area contributed by atoms with Crippen molar-refractivity contribution in [3.05, 3.63) is 48.4 Å². The molecule has 0 bridgehead atoms. The van der Waals surface area contributed by atoms with Gasteiger partial charge in [0.05, 0.1) is 0 Å². The van der Waals surface area contributed by atoms with Crippen molar-refractivity contribution >= 4 is 5.57 Å². The molecule has 0 heteroatoms. The lowest BCUT2D eigenvalue weighted by molar-refractivity contribution is 1.46. The van der Waals surface area contributed by atoms with Gasteiger partial charge in [0.25, 0.3) is 0 Å². The van der Waals surface area contributed by atoms with E-state index in [1.165, 1.54) is 11.1 Å². The van der Waals surface area contributed by atoms with Crippen molar-refractivity contribution < 1.29 is 0 Å². The van der Waals surface area contributed by atoms with Crippen LogP contribution in [-0.2, 0) is 0 Å². The third-order valence-corrected chi connectivity index (χ3v) is 1.85. The Morgan fingerprint density at radius 1 is 1.09 bits per heavy atom. The zero-order valence-corrected chi connectivity index (χ0v) is 7.09. The van der Waals surface area contributed by atoms with Crippen LogP contribution in [0.2, 0.25) is 0 Å². The topological polar surface area (TPSA) is 0 Å². The first kappa shape index (κ1) is 8.06. The molecule has 0 aliphatic heterocycles. The SMILES string of the molecule is [CH2]/C(C)=C(/C)c1ccccc1. The summed E-state index contributed by atoms with van der Waals surface area (Å²) in [6.45, 7) is 8.02. The molecule has 0 unspecified atom stereocenters. The summed E-state index contributed by atoms with van der Waals surface area (Å²) in [5.74, 6) is 0. The molecule has 1 aromatic carbocycles. The number of allylic oxidation sites excluding steroid dienone is 2. The Labute approximate surface area is 68.6 Å². The average Bonchev–Trinajstić information content (AvgIpc) is 2.05. The van der Waals surface area contributed by atoms with Gasteiger partial charge in [-0.05, 0) is 31.9 Å². The molecule has 0 aliphatic carbocycles. The van der Waals surface area contributed by atoms with E-state index < -0.39 is 0 Å². The second-order valence-electron chi connectivity index (χ2n) is 2.77. The molecule has 0 atom stereocenters. The van der Waals surface area contributed by atoms with Gasteiger partial charge in [0.2, 0.25) is 0 Å². The zero-order chi connectivity index (χ0) is 8.27. The van der Waals surface area contributed by atoms with E-state index in [1.807, 2.05) is 25.1 Å². The van der Waals surface area contributed by atoms with Crippen molar-refractivity contribution in [2.24, 2.45) is 0 Å². The van der Waals surface area contributed by atoms with Gasteiger partial charge in [0.1, 0.15) is 0 Å². The molecule has 11 heavy (non-hydrogen) atoms. The first-order valence-corrected chi connectivity index (χ1v) is 3.76. The fraction of sp³-hybridized carbons (Fsp3) is 0.182. The minimum atomic E-state index is 1.14. The molecule has 0 aromatic heterocycles. The van der Waals surface area contributed by atoms with Crippen LogP contribution in [-0.4, -0.2) is 0 Å². The highest BCUT2D eigenvalue weighted by Crippen LogP contribution is 2.16. The van der Waals surface area contributed by atoms with Crippen molar-refractivity contribution in [3.8, 4) is 0 Å². The van der Waals surface area contributed by atoms with Crippen LogP contribution in [0.25, 0.3) is 5.57 Å². The van der Waals surface area contributed by atoms with E-state index in [9.17, 15) is 0 Å². The Kier molecular flexibility index (Phi) is 2.48. The van der Waals surface area contributed by atoms with Gasteiger partial charge in [0, 0.05) is 0 Å². The van der Waals surface area contributed by atoms with Crippen LogP contribution in [0.1, 0.15) is 19.4 Å². The third kappa shape index (κ3) is 1.94. The standard InChI is InChI=1S/C11H13/c1-9(2)10(3)11-7-5-4-6-8-11/h4-8H,1H2,2-3H3/b10-9+. The van der Waals surface area contributed by atoms with Gasteiger partial charge in [-0.1, -0.05) is 35.9 Å². The van der Waals surface area contributed by atoms with Crippen LogP contribution in [0, 0.1) is 6.92 Å². The molecule has 0 saturated heterocycles. The lowest BCUT2D eigenvalue weighted by Gasteiger charge is -2.02. The first-order chi connectivity index (χ1) is 5.22. The van der Waals surface area contributed by atoms with E-state index >= 15 is 0 Å². The highest BCUT2D eigenvalue weighted by Gasteiger charge is 1.93. The van der Waals surface area contributed by atoms with E-state index in [1.54, 1.807) is 0 Å². The lowest BCUT2D eigenvalue weighted by Crippen LogP contribution is -1.80. The van der Waals surface area contributed by atoms with Crippen molar-refractivity contribution in [1.29, 1.82) is 0 Å². The van der Waals surface area contributed by atoms with Crippen molar-refractivity contribution in [1.82, 2.24) is 0 Å². The molecule has 0 spiro atoms. The summed E-state index contributed by atoms with van der Waals surface area (Å²) in [5.41, 5.74) is 3.67. The summed E-state index contributed by atoms with van der Waals surface area (Å²) < 4.78 is 0. The third-order valence-electron chi connectivity index (χ3n) is 1.85. The predicted molar refractivity (Wildman–Crippen MR) is 50.1 cm³/mol. The van der Waals surface area contributed by atoms with Crippen molar-refractivity contribution in [2.75, 3.05) is 0 Å². The summed E-state index contributed by atoms with van der Waals surface area (Å²) in [6, 6.07) is 10.3. The number of hydrogen-bond acceptors (Lipinski definition) is 0. The zero-order valence-electron chi connectivity index (χ0n) is 7.09. The minimum absolute atomic E-state index is 1.14. The Bertz CT molecular complexity index is 251. The summed E-state index contributed by atoms with van der Waals surface area (Å²) in [7, 11) is 0. The van der Waals surface area contributed by atoms with E-state index in [0.29, 0.717) is 0 Å². The number of hydrogen-bond donors (Lipinski definition) is 0. The smallest absolute Gasteiger partial charge is 0.0228 e. The van der Waals surface area contributed by atoms with E-state index in [4.69, 9.17) is 0 Å². The summed E-state index contributed by atoms with van der Waals surface area (Å²) in [4.78, 5) is 0. The molecule has 0 nitrogen and oxygen atoms in total. The lowest BCUT2D eigenvalue weighted by atomic mass is 10.0. The van der Waals surface area contributed by atoms with Crippen LogP contribution < -0.4 is 0 Å². The Morgan fingerprint density at radius 3 is 2.09 bits per heavy atom. The molecular weight excluding hydrogens is 132 g/mol. The molecule has 0 amide bonds. The molecule has 0 heterocycles.